The predicted molar refractivity (Wildman–Crippen MR) is 99.5 cm³/mol. The van der Waals surface area contributed by atoms with E-state index in [9.17, 15) is 4.79 Å². The van der Waals surface area contributed by atoms with Crippen molar-refractivity contribution in [3.05, 3.63) is 64.9 Å². The number of rotatable bonds is 4. The maximum Gasteiger partial charge on any atom is 0.231 e. The van der Waals surface area contributed by atoms with Gasteiger partial charge in [-0.15, -0.1) is 0 Å². The third-order valence-corrected chi connectivity index (χ3v) is 5.58. The lowest BCUT2D eigenvalue weighted by Crippen LogP contribution is -2.49. The zero-order valence-corrected chi connectivity index (χ0v) is 14.9. The highest BCUT2D eigenvalue weighted by Crippen LogP contribution is 2.44. The van der Waals surface area contributed by atoms with Crippen LogP contribution in [0.5, 0.6) is 0 Å². The number of amides is 1. The average molecular weight is 354 g/mol. The first-order valence-electron chi connectivity index (χ1n) is 8.55. The number of halogens is 1. The van der Waals surface area contributed by atoms with Crippen molar-refractivity contribution in [2.75, 3.05) is 0 Å². The summed E-state index contributed by atoms with van der Waals surface area (Å²) >= 11 is 5.99. The molecule has 3 aromatic rings. The van der Waals surface area contributed by atoms with Crippen LogP contribution in [0.25, 0.3) is 11.0 Å². The smallest absolute Gasteiger partial charge is 0.231 e. The molecule has 1 saturated carbocycles. The van der Waals surface area contributed by atoms with Crippen molar-refractivity contribution in [1.82, 2.24) is 14.9 Å². The normalized spacial score (nSPS) is 15.8. The van der Waals surface area contributed by atoms with Crippen LogP contribution < -0.4 is 5.32 Å². The van der Waals surface area contributed by atoms with Crippen molar-refractivity contribution >= 4 is 28.5 Å². The first-order valence-corrected chi connectivity index (χ1v) is 8.93. The lowest BCUT2D eigenvalue weighted by Gasteiger charge is -2.40. The molecule has 2 aromatic carbocycles. The molecule has 0 spiro atoms. The van der Waals surface area contributed by atoms with Gasteiger partial charge in [-0.1, -0.05) is 42.3 Å². The summed E-state index contributed by atoms with van der Waals surface area (Å²) in [4.78, 5) is 17.6. The summed E-state index contributed by atoms with van der Waals surface area (Å²) in [5.74, 6) is 0.938. The summed E-state index contributed by atoms with van der Waals surface area (Å²) < 4.78 is 2.03. The van der Waals surface area contributed by atoms with E-state index in [2.05, 4.69) is 10.3 Å². The Hall–Kier alpha value is -2.33. The minimum atomic E-state index is -0.421. The average Bonchev–Trinajstić information content (AvgIpc) is 2.90. The summed E-state index contributed by atoms with van der Waals surface area (Å²) in [5, 5.41) is 3.79. The minimum Gasteiger partial charge on any atom is -0.348 e. The topological polar surface area (TPSA) is 46.9 Å². The standard InChI is InChI=1S/C20H20ClN3O/c1-24-17-6-3-2-5-16(17)23-18(24)13-22-19(25)20(11-4-12-20)14-7-9-15(21)10-8-14/h2-3,5-10H,4,11-13H2,1H3,(H,22,25). The number of para-hydroxylation sites is 2. The van der Waals surface area contributed by atoms with E-state index >= 15 is 0 Å². The van der Waals surface area contributed by atoms with Crippen molar-refractivity contribution in [2.45, 2.75) is 31.2 Å². The number of aromatic nitrogens is 2. The number of nitrogens with one attached hydrogen (secondary N) is 1. The minimum absolute atomic E-state index is 0.0770. The van der Waals surface area contributed by atoms with E-state index in [0.29, 0.717) is 11.6 Å². The maximum absolute atomic E-state index is 13.0. The molecule has 1 N–H and O–H groups in total. The van der Waals surface area contributed by atoms with Gasteiger partial charge in [0, 0.05) is 12.1 Å². The lowest BCUT2D eigenvalue weighted by molar-refractivity contribution is -0.130. The third-order valence-electron chi connectivity index (χ3n) is 5.33. The number of nitrogens with zero attached hydrogens (tertiary/aromatic N) is 2. The number of carbonyl (C=O) groups is 1. The Morgan fingerprint density at radius 2 is 1.92 bits per heavy atom. The van der Waals surface area contributed by atoms with Gasteiger partial charge in [0.1, 0.15) is 5.82 Å². The number of fused-ring (bicyclic) bond motifs is 1. The van der Waals surface area contributed by atoms with Crippen molar-refractivity contribution in [1.29, 1.82) is 0 Å². The van der Waals surface area contributed by atoms with Crippen molar-refractivity contribution < 1.29 is 4.79 Å². The number of hydrogen-bond donors (Lipinski definition) is 1. The molecular weight excluding hydrogens is 334 g/mol. The highest BCUT2D eigenvalue weighted by atomic mass is 35.5. The fourth-order valence-corrected chi connectivity index (χ4v) is 3.75. The van der Waals surface area contributed by atoms with Crippen LogP contribution in [0, 0.1) is 0 Å². The van der Waals surface area contributed by atoms with E-state index in [1.54, 1.807) is 0 Å². The van der Waals surface area contributed by atoms with E-state index in [0.717, 1.165) is 41.7 Å². The van der Waals surface area contributed by atoms with Crippen molar-refractivity contribution in [3.8, 4) is 0 Å². The second-order valence-electron chi connectivity index (χ2n) is 6.70. The molecule has 1 heterocycles. The Kier molecular flexibility index (Phi) is 4.00. The molecule has 0 atom stereocenters. The highest BCUT2D eigenvalue weighted by molar-refractivity contribution is 6.30. The van der Waals surface area contributed by atoms with Crippen molar-refractivity contribution in [3.63, 3.8) is 0 Å². The van der Waals surface area contributed by atoms with Crippen LogP contribution in [0.2, 0.25) is 5.02 Å². The lowest BCUT2D eigenvalue weighted by atomic mass is 9.64. The summed E-state index contributed by atoms with van der Waals surface area (Å²) in [7, 11) is 1.98. The molecule has 4 nitrogen and oxygen atoms in total. The number of imidazole rings is 1. The molecule has 1 aliphatic carbocycles. The van der Waals surface area contributed by atoms with E-state index in [1.807, 2.05) is 60.1 Å². The molecule has 0 bridgehead atoms. The Labute approximate surface area is 151 Å². The van der Waals surface area contributed by atoms with Gasteiger partial charge in [0.25, 0.3) is 0 Å². The molecule has 1 aliphatic rings. The largest absolute Gasteiger partial charge is 0.348 e. The summed E-state index contributed by atoms with van der Waals surface area (Å²) in [5.41, 5.74) is 2.65. The number of aryl methyl sites for hydroxylation is 1. The maximum atomic E-state index is 13.0. The van der Waals surface area contributed by atoms with Gasteiger partial charge in [0.15, 0.2) is 0 Å². The first kappa shape index (κ1) is 16.2. The van der Waals surface area contributed by atoms with Gasteiger partial charge in [-0.3, -0.25) is 4.79 Å². The molecule has 1 fully saturated rings. The van der Waals surface area contributed by atoms with Crippen LogP contribution in [0.15, 0.2) is 48.5 Å². The quantitative estimate of drug-likeness (QED) is 0.771. The molecule has 0 unspecified atom stereocenters. The van der Waals surface area contributed by atoms with Crippen molar-refractivity contribution in [2.24, 2.45) is 7.05 Å². The Bertz CT molecular complexity index is 926. The molecule has 128 valence electrons. The Morgan fingerprint density at radius 1 is 1.20 bits per heavy atom. The molecule has 0 aliphatic heterocycles. The van der Waals surface area contributed by atoms with Crippen LogP contribution in [0.4, 0.5) is 0 Å². The predicted octanol–water partition coefficient (Wildman–Crippen LogP) is 3.96. The van der Waals surface area contributed by atoms with Gasteiger partial charge in [-0.05, 0) is 42.7 Å². The van der Waals surface area contributed by atoms with Gasteiger partial charge < -0.3 is 9.88 Å². The van der Waals surface area contributed by atoms with Gasteiger partial charge >= 0.3 is 0 Å². The number of carbonyl (C=O) groups excluding carboxylic acids is 1. The second-order valence-corrected chi connectivity index (χ2v) is 7.14. The third kappa shape index (κ3) is 2.71. The fourth-order valence-electron chi connectivity index (χ4n) is 3.63. The Balaban J connectivity index is 1.54. The summed E-state index contributed by atoms with van der Waals surface area (Å²) in [6.45, 7) is 0.430. The molecular formula is C20H20ClN3O. The first-order chi connectivity index (χ1) is 12.1. The van der Waals surface area contributed by atoms with E-state index in [4.69, 9.17) is 11.6 Å². The molecule has 0 saturated heterocycles. The van der Waals surface area contributed by atoms with E-state index in [1.165, 1.54) is 0 Å². The second kappa shape index (κ2) is 6.19. The van der Waals surface area contributed by atoms with Gasteiger partial charge in [-0.2, -0.15) is 0 Å². The molecule has 25 heavy (non-hydrogen) atoms. The highest BCUT2D eigenvalue weighted by Gasteiger charge is 2.45. The van der Waals surface area contributed by atoms with Gasteiger partial charge in [-0.25, -0.2) is 4.98 Å². The molecule has 1 amide bonds. The van der Waals surface area contributed by atoms with Gasteiger partial charge in [0.2, 0.25) is 5.91 Å². The molecule has 1 aromatic heterocycles. The summed E-state index contributed by atoms with van der Waals surface area (Å²) in [6.07, 6.45) is 2.83. The Morgan fingerprint density at radius 3 is 2.56 bits per heavy atom. The van der Waals surface area contributed by atoms with Crippen LogP contribution in [0.3, 0.4) is 0 Å². The summed E-state index contributed by atoms with van der Waals surface area (Å²) in [6, 6.07) is 15.6. The van der Waals surface area contributed by atoms with Crippen LogP contribution >= 0.6 is 11.6 Å². The van der Waals surface area contributed by atoms with Crippen LogP contribution in [-0.4, -0.2) is 15.5 Å². The fraction of sp³-hybridized carbons (Fsp3) is 0.300. The van der Waals surface area contributed by atoms with Crippen LogP contribution in [-0.2, 0) is 23.8 Å². The monoisotopic (exact) mass is 353 g/mol. The SMILES string of the molecule is Cn1c(CNC(=O)C2(c3ccc(Cl)cc3)CCC2)nc2ccccc21. The van der Waals surface area contributed by atoms with Gasteiger partial charge in [0.05, 0.1) is 23.0 Å². The zero-order chi connectivity index (χ0) is 17.4. The van der Waals surface area contributed by atoms with E-state index < -0.39 is 5.41 Å². The van der Waals surface area contributed by atoms with Crippen LogP contribution in [0.1, 0.15) is 30.7 Å². The van der Waals surface area contributed by atoms with E-state index in [-0.39, 0.29) is 5.91 Å². The number of hydrogen-bond acceptors (Lipinski definition) is 2. The molecule has 4 rings (SSSR count). The molecule has 5 heteroatoms. The molecule has 0 radical (unpaired) electrons. The zero-order valence-electron chi connectivity index (χ0n) is 14.1. The number of benzene rings is 2.